The third-order valence-corrected chi connectivity index (χ3v) is 6.54. The van der Waals surface area contributed by atoms with Gasteiger partial charge in [-0.1, -0.05) is 47.1 Å². The van der Waals surface area contributed by atoms with Crippen molar-refractivity contribution in [1.82, 2.24) is 14.4 Å². The Morgan fingerprint density at radius 2 is 1.86 bits per heavy atom. The molecular formula is C24H24N4O6S. The minimum Gasteiger partial charge on any atom is -0.497 e. The van der Waals surface area contributed by atoms with E-state index in [1.165, 1.54) is 13.1 Å². The maximum Gasteiger partial charge on any atom is 0.344 e. The number of ether oxygens (including phenoxy) is 2. The third kappa shape index (κ3) is 5.93. The summed E-state index contributed by atoms with van der Waals surface area (Å²) in [5.41, 5.74) is 2.91. The summed E-state index contributed by atoms with van der Waals surface area (Å²) in [4.78, 5) is 17.0. The number of hydrogen-bond donors (Lipinski definition) is 0. The molecule has 1 aliphatic heterocycles. The predicted molar refractivity (Wildman–Crippen MR) is 127 cm³/mol. The Labute approximate surface area is 203 Å². The topological polar surface area (TPSA) is 124 Å². The van der Waals surface area contributed by atoms with Gasteiger partial charge >= 0.3 is 16.2 Å². The maximum absolute atomic E-state index is 12.7. The van der Waals surface area contributed by atoms with Crippen LogP contribution in [-0.2, 0) is 39.3 Å². The minimum atomic E-state index is -3.98. The molecule has 4 rings (SSSR count). The number of rotatable bonds is 8. The molecular weight excluding hydrogens is 472 g/mol. The van der Waals surface area contributed by atoms with Crippen molar-refractivity contribution in [1.29, 1.82) is 0 Å². The molecule has 0 spiro atoms. The zero-order valence-electron chi connectivity index (χ0n) is 19.5. The minimum absolute atomic E-state index is 0.00807. The van der Waals surface area contributed by atoms with Crippen LogP contribution in [0.5, 0.6) is 5.75 Å². The summed E-state index contributed by atoms with van der Waals surface area (Å²) in [7, 11) is -2.44. The first-order chi connectivity index (χ1) is 16.7. The molecule has 2 heterocycles. The highest BCUT2D eigenvalue weighted by Crippen LogP contribution is 2.22. The summed E-state index contributed by atoms with van der Waals surface area (Å²) in [6.07, 6.45) is 1.70. The fraction of sp³-hybridized carbons (Fsp3) is 0.250. The van der Waals surface area contributed by atoms with Gasteiger partial charge in [-0.2, -0.15) is 13.4 Å². The van der Waals surface area contributed by atoms with E-state index in [0.29, 0.717) is 23.6 Å². The van der Waals surface area contributed by atoms with Crippen molar-refractivity contribution in [2.75, 3.05) is 7.11 Å². The van der Waals surface area contributed by atoms with Crippen molar-refractivity contribution >= 4 is 21.9 Å². The third-order valence-electron chi connectivity index (χ3n) is 5.21. The van der Waals surface area contributed by atoms with Crippen molar-refractivity contribution < 1.29 is 27.2 Å². The average Bonchev–Trinajstić information content (AvgIpc) is 3.26. The molecule has 0 saturated heterocycles. The SMILES string of the molecule is COc1ccc(CN2C=C(C(=O)OCc3nc(Cc4cccc(C)c4)no3)C(C)=NS2(=O)=O)cc1. The highest BCUT2D eigenvalue weighted by molar-refractivity contribution is 7.88. The predicted octanol–water partition coefficient (Wildman–Crippen LogP) is 3.13. The molecule has 0 fully saturated rings. The monoisotopic (exact) mass is 496 g/mol. The van der Waals surface area contributed by atoms with Crippen LogP contribution in [0.25, 0.3) is 0 Å². The lowest BCUT2D eigenvalue weighted by molar-refractivity contribution is -0.140. The van der Waals surface area contributed by atoms with Gasteiger partial charge in [0.05, 0.1) is 24.9 Å². The zero-order chi connectivity index (χ0) is 25.0. The van der Waals surface area contributed by atoms with Crippen molar-refractivity contribution in [2.24, 2.45) is 4.40 Å². The molecule has 0 radical (unpaired) electrons. The Morgan fingerprint density at radius 3 is 2.57 bits per heavy atom. The molecule has 0 unspecified atom stereocenters. The first-order valence-corrected chi connectivity index (χ1v) is 12.1. The van der Waals surface area contributed by atoms with E-state index in [9.17, 15) is 13.2 Å². The smallest absolute Gasteiger partial charge is 0.344 e. The standard InChI is InChI=1S/C24H24N4O6S/c1-16-5-4-6-19(11-16)12-22-25-23(34-26-22)15-33-24(29)21-14-28(35(30,31)27-17(21)2)13-18-7-9-20(32-3)10-8-18/h4-11,14H,12-13,15H2,1-3H3. The summed E-state index contributed by atoms with van der Waals surface area (Å²) in [6.45, 7) is 3.17. The Kier molecular flexibility index (Phi) is 6.97. The number of hydrogen-bond acceptors (Lipinski definition) is 8. The number of carbonyl (C=O) groups excluding carboxylic acids is 1. The molecule has 1 aromatic heterocycles. The normalized spacial score (nSPS) is 14.8. The van der Waals surface area contributed by atoms with Gasteiger partial charge in [0.2, 0.25) is 0 Å². The van der Waals surface area contributed by atoms with Gasteiger partial charge < -0.3 is 14.0 Å². The highest BCUT2D eigenvalue weighted by atomic mass is 32.2. The maximum atomic E-state index is 12.7. The van der Waals surface area contributed by atoms with E-state index in [-0.39, 0.29) is 30.3 Å². The Bertz CT molecular complexity index is 1390. The van der Waals surface area contributed by atoms with Crippen LogP contribution in [0.1, 0.15) is 35.3 Å². The fourth-order valence-corrected chi connectivity index (χ4v) is 4.55. The van der Waals surface area contributed by atoms with Crippen molar-refractivity contribution in [3.8, 4) is 5.75 Å². The lowest BCUT2D eigenvalue weighted by atomic mass is 10.1. The van der Waals surface area contributed by atoms with Gasteiger partial charge in [-0.05, 0) is 37.1 Å². The van der Waals surface area contributed by atoms with Gasteiger partial charge in [-0.25, -0.2) is 4.79 Å². The molecule has 35 heavy (non-hydrogen) atoms. The van der Waals surface area contributed by atoms with Crippen LogP contribution in [0.15, 0.2) is 69.2 Å². The highest BCUT2D eigenvalue weighted by Gasteiger charge is 2.29. The zero-order valence-corrected chi connectivity index (χ0v) is 20.3. The molecule has 182 valence electrons. The average molecular weight is 497 g/mol. The second kappa shape index (κ2) is 10.1. The Hall–Kier alpha value is -3.99. The van der Waals surface area contributed by atoms with E-state index >= 15 is 0 Å². The summed E-state index contributed by atoms with van der Waals surface area (Å²) in [6, 6.07) is 14.8. The van der Waals surface area contributed by atoms with Crippen LogP contribution in [0.3, 0.4) is 0 Å². The van der Waals surface area contributed by atoms with Gasteiger partial charge in [0.15, 0.2) is 12.4 Å². The van der Waals surface area contributed by atoms with Crippen molar-refractivity contribution in [3.05, 3.63) is 88.7 Å². The van der Waals surface area contributed by atoms with Crippen LogP contribution in [0.2, 0.25) is 0 Å². The number of esters is 1. The number of benzene rings is 2. The van der Waals surface area contributed by atoms with Gasteiger partial charge in [0, 0.05) is 12.6 Å². The molecule has 0 atom stereocenters. The quantitative estimate of drug-likeness (QED) is 0.436. The van der Waals surface area contributed by atoms with Crippen LogP contribution in [-0.4, -0.2) is 41.7 Å². The van der Waals surface area contributed by atoms with Crippen molar-refractivity contribution in [3.63, 3.8) is 0 Å². The number of aryl methyl sites for hydroxylation is 1. The molecule has 0 aliphatic carbocycles. The largest absolute Gasteiger partial charge is 0.497 e. The van der Waals surface area contributed by atoms with E-state index in [0.717, 1.165) is 15.4 Å². The Morgan fingerprint density at radius 1 is 1.09 bits per heavy atom. The molecule has 1 aliphatic rings. The van der Waals surface area contributed by atoms with Crippen molar-refractivity contribution in [2.45, 2.75) is 33.4 Å². The van der Waals surface area contributed by atoms with Crippen LogP contribution in [0.4, 0.5) is 0 Å². The molecule has 0 N–H and O–H groups in total. The van der Waals surface area contributed by atoms with E-state index < -0.39 is 16.2 Å². The summed E-state index contributed by atoms with van der Waals surface area (Å²) < 4.78 is 45.3. The molecule has 3 aromatic rings. The van der Waals surface area contributed by atoms with Gasteiger partial charge in [-0.3, -0.25) is 4.31 Å². The number of methoxy groups -OCH3 is 1. The van der Waals surface area contributed by atoms with Crippen LogP contribution < -0.4 is 4.74 Å². The molecule has 2 aromatic carbocycles. The number of nitrogens with zero attached hydrogens (tertiary/aromatic N) is 4. The van der Waals surface area contributed by atoms with E-state index in [4.69, 9.17) is 14.0 Å². The van der Waals surface area contributed by atoms with Crippen LogP contribution in [0, 0.1) is 6.92 Å². The molecule has 0 amide bonds. The van der Waals surface area contributed by atoms with E-state index in [2.05, 4.69) is 14.5 Å². The lowest BCUT2D eigenvalue weighted by Gasteiger charge is -2.23. The van der Waals surface area contributed by atoms with Gasteiger partial charge in [0.1, 0.15) is 5.75 Å². The molecule has 0 bridgehead atoms. The summed E-state index contributed by atoms with van der Waals surface area (Å²) in [5, 5.41) is 3.92. The first-order valence-electron chi connectivity index (χ1n) is 10.7. The molecule has 0 saturated carbocycles. The van der Waals surface area contributed by atoms with E-state index in [1.54, 1.807) is 31.4 Å². The summed E-state index contributed by atoms with van der Waals surface area (Å²) in [5.74, 6) is 0.494. The number of carbonyl (C=O) groups is 1. The first kappa shape index (κ1) is 24.1. The van der Waals surface area contributed by atoms with Crippen LogP contribution >= 0.6 is 0 Å². The second-order valence-corrected chi connectivity index (χ2v) is 9.48. The number of aromatic nitrogens is 2. The van der Waals surface area contributed by atoms with Gasteiger partial charge in [0.25, 0.3) is 5.89 Å². The fourth-order valence-electron chi connectivity index (χ4n) is 3.45. The second-order valence-electron chi connectivity index (χ2n) is 7.94. The lowest BCUT2D eigenvalue weighted by Crippen LogP contribution is -2.31. The summed E-state index contributed by atoms with van der Waals surface area (Å²) >= 11 is 0. The molecule has 11 heteroatoms. The van der Waals surface area contributed by atoms with E-state index in [1.807, 2.05) is 31.2 Å². The van der Waals surface area contributed by atoms with Gasteiger partial charge in [-0.15, -0.1) is 4.40 Å². The molecule has 10 nitrogen and oxygen atoms in total. The Balaban J connectivity index is 1.42.